The molecule has 0 bridgehead atoms. The molecule has 0 radical (unpaired) electrons. The van der Waals surface area contributed by atoms with Crippen LogP contribution in [0.15, 0.2) is 24.3 Å². The number of carbonyl (C=O) groups is 1. The number of carbonyl (C=O) groups excluding carboxylic acids is 1. The lowest BCUT2D eigenvalue weighted by molar-refractivity contribution is -0.0273. The molecule has 1 aromatic rings. The first-order valence-corrected chi connectivity index (χ1v) is 6.33. The van der Waals surface area contributed by atoms with Crippen LogP contribution < -0.4 is 0 Å². The van der Waals surface area contributed by atoms with Gasteiger partial charge in [0.25, 0.3) is 0 Å². The minimum Gasteiger partial charge on any atom is -0.374 e. The highest BCUT2D eigenvalue weighted by Gasteiger charge is 2.29. The van der Waals surface area contributed by atoms with Crippen LogP contribution in [0.3, 0.4) is 0 Å². The summed E-state index contributed by atoms with van der Waals surface area (Å²) in [6.45, 7) is 4.33. The van der Waals surface area contributed by atoms with E-state index in [1.165, 1.54) is 5.56 Å². The van der Waals surface area contributed by atoms with Crippen LogP contribution in [-0.4, -0.2) is 13.4 Å². The van der Waals surface area contributed by atoms with Crippen LogP contribution in [-0.2, 0) is 10.3 Å². The molecule has 0 N–H and O–H groups in total. The quantitative estimate of drug-likeness (QED) is 0.668. The Morgan fingerprint density at radius 1 is 1.24 bits per heavy atom. The summed E-state index contributed by atoms with van der Waals surface area (Å²) in [5, 5.41) is 0. The Labute approximate surface area is 104 Å². The van der Waals surface area contributed by atoms with Gasteiger partial charge in [0.15, 0.2) is 0 Å². The zero-order valence-corrected chi connectivity index (χ0v) is 11.0. The molecule has 0 spiro atoms. The molecule has 0 saturated heterocycles. The second kappa shape index (κ2) is 6.55. The normalized spacial score (nSPS) is 14.3. The topological polar surface area (TPSA) is 26.3 Å². The molecule has 1 rings (SSSR count). The van der Waals surface area contributed by atoms with Gasteiger partial charge in [-0.1, -0.05) is 51.0 Å². The number of aldehydes is 1. The third-order valence-electron chi connectivity index (χ3n) is 3.47. The summed E-state index contributed by atoms with van der Waals surface area (Å²) >= 11 is 0. The van der Waals surface area contributed by atoms with Gasteiger partial charge >= 0.3 is 0 Å². The van der Waals surface area contributed by atoms with Gasteiger partial charge in [-0.05, 0) is 18.4 Å². The Balaban J connectivity index is 2.98. The molecule has 0 aliphatic heterocycles. The standard InChI is InChI=1S/C15H22O2/c1-4-6-11-15(5-2,17-3)14-9-7-13(12-16)8-10-14/h7-10,12H,4-6,11H2,1-3H3. The molecule has 1 unspecified atom stereocenters. The zero-order valence-electron chi connectivity index (χ0n) is 11.0. The molecule has 0 saturated carbocycles. The highest BCUT2D eigenvalue weighted by molar-refractivity contribution is 5.74. The molecular weight excluding hydrogens is 212 g/mol. The molecule has 1 atom stereocenters. The summed E-state index contributed by atoms with van der Waals surface area (Å²) in [7, 11) is 1.77. The lowest BCUT2D eigenvalue weighted by Gasteiger charge is -2.32. The zero-order chi connectivity index (χ0) is 12.7. The maximum Gasteiger partial charge on any atom is 0.150 e. The second-order valence-corrected chi connectivity index (χ2v) is 4.40. The van der Waals surface area contributed by atoms with Crippen LogP contribution in [0.1, 0.15) is 55.5 Å². The van der Waals surface area contributed by atoms with Gasteiger partial charge in [-0.25, -0.2) is 0 Å². The minimum atomic E-state index is -0.197. The van der Waals surface area contributed by atoms with E-state index in [1.54, 1.807) is 7.11 Å². The molecular formula is C15H22O2. The number of rotatable bonds is 7. The van der Waals surface area contributed by atoms with Gasteiger partial charge in [0.2, 0.25) is 0 Å². The van der Waals surface area contributed by atoms with E-state index in [0.717, 1.165) is 32.0 Å². The molecule has 0 aromatic heterocycles. The number of methoxy groups -OCH3 is 1. The van der Waals surface area contributed by atoms with E-state index in [9.17, 15) is 4.79 Å². The lowest BCUT2D eigenvalue weighted by atomic mass is 9.85. The molecule has 0 aliphatic rings. The van der Waals surface area contributed by atoms with E-state index in [-0.39, 0.29) is 5.60 Å². The first-order chi connectivity index (χ1) is 8.22. The Hall–Kier alpha value is -1.15. The maximum absolute atomic E-state index is 10.6. The summed E-state index contributed by atoms with van der Waals surface area (Å²) < 4.78 is 5.76. The van der Waals surface area contributed by atoms with Crippen LogP contribution in [0.5, 0.6) is 0 Å². The first-order valence-electron chi connectivity index (χ1n) is 6.33. The highest BCUT2D eigenvalue weighted by atomic mass is 16.5. The van der Waals surface area contributed by atoms with E-state index in [1.807, 2.05) is 24.3 Å². The molecule has 0 heterocycles. The molecule has 2 heteroatoms. The van der Waals surface area contributed by atoms with E-state index < -0.39 is 0 Å². The predicted octanol–water partition coefficient (Wildman–Crippen LogP) is 3.94. The number of benzene rings is 1. The van der Waals surface area contributed by atoms with Crippen molar-refractivity contribution in [1.29, 1.82) is 0 Å². The van der Waals surface area contributed by atoms with Gasteiger partial charge in [-0.2, -0.15) is 0 Å². The Bertz CT molecular complexity index is 336. The lowest BCUT2D eigenvalue weighted by Crippen LogP contribution is -2.27. The van der Waals surface area contributed by atoms with Crippen molar-refractivity contribution in [3.63, 3.8) is 0 Å². The van der Waals surface area contributed by atoms with Crippen LogP contribution >= 0.6 is 0 Å². The smallest absolute Gasteiger partial charge is 0.150 e. The largest absolute Gasteiger partial charge is 0.374 e. The van der Waals surface area contributed by atoms with Crippen LogP contribution in [0.25, 0.3) is 0 Å². The van der Waals surface area contributed by atoms with E-state index >= 15 is 0 Å². The molecule has 1 aromatic carbocycles. The number of ether oxygens (including phenoxy) is 1. The number of hydrogen-bond donors (Lipinski definition) is 0. The third-order valence-corrected chi connectivity index (χ3v) is 3.47. The molecule has 2 nitrogen and oxygen atoms in total. The number of hydrogen-bond acceptors (Lipinski definition) is 2. The second-order valence-electron chi connectivity index (χ2n) is 4.40. The fourth-order valence-corrected chi connectivity index (χ4v) is 2.22. The average molecular weight is 234 g/mol. The summed E-state index contributed by atoms with van der Waals surface area (Å²) in [6, 6.07) is 7.73. The van der Waals surface area contributed by atoms with Gasteiger partial charge in [0.05, 0.1) is 5.60 Å². The fraction of sp³-hybridized carbons (Fsp3) is 0.533. The number of unbranched alkanes of at least 4 members (excludes halogenated alkanes) is 1. The fourth-order valence-electron chi connectivity index (χ4n) is 2.22. The summed E-state index contributed by atoms with van der Waals surface area (Å²) in [5.74, 6) is 0. The molecule has 0 aliphatic carbocycles. The Morgan fingerprint density at radius 3 is 2.29 bits per heavy atom. The minimum absolute atomic E-state index is 0.197. The van der Waals surface area contributed by atoms with Crippen molar-refractivity contribution in [2.75, 3.05) is 7.11 Å². The van der Waals surface area contributed by atoms with Gasteiger partial charge in [0, 0.05) is 12.7 Å². The molecule has 94 valence electrons. The predicted molar refractivity (Wildman–Crippen MR) is 70.3 cm³/mol. The maximum atomic E-state index is 10.6. The van der Waals surface area contributed by atoms with Gasteiger partial charge < -0.3 is 4.74 Å². The van der Waals surface area contributed by atoms with Crippen LogP contribution in [0, 0.1) is 0 Å². The van der Waals surface area contributed by atoms with Gasteiger partial charge in [0.1, 0.15) is 6.29 Å². The van der Waals surface area contributed by atoms with Crippen molar-refractivity contribution < 1.29 is 9.53 Å². The van der Waals surface area contributed by atoms with E-state index in [2.05, 4.69) is 13.8 Å². The first kappa shape index (κ1) is 13.9. The molecule has 0 amide bonds. The monoisotopic (exact) mass is 234 g/mol. The van der Waals surface area contributed by atoms with Crippen molar-refractivity contribution in [2.24, 2.45) is 0 Å². The van der Waals surface area contributed by atoms with Crippen LogP contribution in [0.2, 0.25) is 0 Å². The molecule has 0 fully saturated rings. The van der Waals surface area contributed by atoms with Crippen molar-refractivity contribution in [3.8, 4) is 0 Å². The average Bonchev–Trinajstić information content (AvgIpc) is 2.41. The van der Waals surface area contributed by atoms with E-state index in [4.69, 9.17) is 4.74 Å². The van der Waals surface area contributed by atoms with E-state index in [0.29, 0.717) is 5.56 Å². The van der Waals surface area contributed by atoms with Crippen molar-refractivity contribution in [1.82, 2.24) is 0 Å². The Morgan fingerprint density at radius 2 is 1.88 bits per heavy atom. The summed E-state index contributed by atoms with van der Waals surface area (Å²) in [4.78, 5) is 10.6. The SMILES string of the molecule is CCCCC(CC)(OC)c1ccc(C=O)cc1. The van der Waals surface area contributed by atoms with Crippen molar-refractivity contribution in [3.05, 3.63) is 35.4 Å². The third kappa shape index (κ3) is 3.16. The van der Waals surface area contributed by atoms with Gasteiger partial charge in [-0.15, -0.1) is 0 Å². The van der Waals surface area contributed by atoms with Crippen molar-refractivity contribution in [2.45, 2.75) is 45.1 Å². The molecule has 17 heavy (non-hydrogen) atoms. The highest BCUT2D eigenvalue weighted by Crippen LogP contribution is 2.34. The Kier molecular flexibility index (Phi) is 5.36. The summed E-state index contributed by atoms with van der Waals surface area (Å²) in [6.07, 6.45) is 5.16. The summed E-state index contributed by atoms with van der Waals surface area (Å²) in [5.41, 5.74) is 1.68. The van der Waals surface area contributed by atoms with Crippen molar-refractivity contribution >= 4 is 6.29 Å². The van der Waals surface area contributed by atoms with Gasteiger partial charge in [-0.3, -0.25) is 4.79 Å². The van der Waals surface area contributed by atoms with Crippen LogP contribution in [0.4, 0.5) is 0 Å².